The van der Waals surface area contributed by atoms with Gasteiger partial charge in [0.15, 0.2) is 11.0 Å². The lowest BCUT2D eigenvalue weighted by molar-refractivity contribution is 0.174. The summed E-state index contributed by atoms with van der Waals surface area (Å²) in [6, 6.07) is 0. The van der Waals surface area contributed by atoms with Crippen LogP contribution in [0.2, 0.25) is 0 Å². The standard InChI is InChI=1S/C13H19N5O2S/c1-8(12-14-10(7-19-3)17-20-12)21-13-16-15-11(18(13)2)9-5-4-6-9/h8-9H,4-7H2,1-3H3/t8-/m0/s1. The smallest absolute Gasteiger partial charge is 0.240 e. The van der Waals surface area contributed by atoms with Crippen molar-refractivity contribution in [1.82, 2.24) is 24.9 Å². The van der Waals surface area contributed by atoms with E-state index in [1.807, 2.05) is 14.0 Å². The lowest BCUT2D eigenvalue weighted by atomic mass is 9.85. The van der Waals surface area contributed by atoms with Crippen molar-refractivity contribution in [3.05, 3.63) is 17.5 Å². The summed E-state index contributed by atoms with van der Waals surface area (Å²) in [6.45, 7) is 2.38. The van der Waals surface area contributed by atoms with E-state index in [9.17, 15) is 0 Å². The highest BCUT2D eigenvalue weighted by molar-refractivity contribution is 7.99. The Morgan fingerprint density at radius 3 is 2.90 bits per heavy atom. The number of thioether (sulfide) groups is 1. The van der Waals surface area contributed by atoms with Crippen LogP contribution in [0.25, 0.3) is 0 Å². The lowest BCUT2D eigenvalue weighted by Crippen LogP contribution is -2.14. The first kappa shape index (κ1) is 14.5. The van der Waals surface area contributed by atoms with E-state index in [4.69, 9.17) is 9.26 Å². The highest BCUT2D eigenvalue weighted by Crippen LogP contribution is 2.38. The Labute approximate surface area is 127 Å². The number of rotatable bonds is 6. The van der Waals surface area contributed by atoms with E-state index in [1.54, 1.807) is 18.9 Å². The van der Waals surface area contributed by atoms with Gasteiger partial charge in [-0.2, -0.15) is 4.98 Å². The zero-order chi connectivity index (χ0) is 14.8. The second-order valence-electron chi connectivity index (χ2n) is 5.27. The van der Waals surface area contributed by atoms with E-state index < -0.39 is 0 Å². The molecule has 1 fully saturated rings. The molecule has 0 bridgehead atoms. The van der Waals surface area contributed by atoms with E-state index in [1.165, 1.54) is 19.3 Å². The van der Waals surface area contributed by atoms with Crippen LogP contribution in [0.4, 0.5) is 0 Å². The molecule has 2 heterocycles. The molecule has 0 saturated heterocycles. The minimum absolute atomic E-state index is 0.0280. The molecule has 0 aliphatic heterocycles. The number of hydrogen-bond acceptors (Lipinski definition) is 7. The Bertz CT molecular complexity index is 607. The lowest BCUT2D eigenvalue weighted by Gasteiger charge is -2.24. The Kier molecular flexibility index (Phi) is 4.25. The van der Waals surface area contributed by atoms with Crippen LogP contribution in [0.3, 0.4) is 0 Å². The molecule has 2 aromatic rings. The van der Waals surface area contributed by atoms with Crippen molar-refractivity contribution >= 4 is 11.8 Å². The molecule has 1 atom stereocenters. The second-order valence-corrected chi connectivity index (χ2v) is 6.58. The predicted molar refractivity (Wildman–Crippen MR) is 76.9 cm³/mol. The van der Waals surface area contributed by atoms with E-state index in [-0.39, 0.29) is 5.25 Å². The maximum Gasteiger partial charge on any atom is 0.240 e. The zero-order valence-electron chi connectivity index (χ0n) is 12.4. The van der Waals surface area contributed by atoms with Gasteiger partial charge in [0.2, 0.25) is 5.89 Å². The molecule has 114 valence electrons. The van der Waals surface area contributed by atoms with Crippen molar-refractivity contribution in [3.8, 4) is 0 Å². The van der Waals surface area contributed by atoms with Crippen LogP contribution in [0, 0.1) is 0 Å². The average Bonchev–Trinajstić information content (AvgIpc) is 2.99. The topological polar surface area (TPSA) is 78.9 Å². The van der Waals surface area contributed by atoms with Crippen molar-refractivity contribution in [2.24, 2.45) is 7.05 Å². The third kappa shape index (κ3) is 2.96. The van der Waals surface area contributed by atoms with Crippen LogP contribution in [0.1, 0.15) is 54.9 Å². The molecule has 1 saturated carbocycles. The number of aromatic nitrogens is 5. The quantitative estimate of drug-likeness (QED) is 0.758. The largest absolute Gasteiger partial charge is 0.377 e. The van der Waals surface area contributed by atoms with Gasteiger partial charge in [0.1, 0.15) is 12.4 Å². The van der Waals surface area contributed by atoms with Gasteiger partial charge in [-0.05, 0) is 19.8 Å². The van der Waals surface area contributed by atoms with Crippen molar-refractivity contribution in [1.29, 1.82) is 0 Å². The summed E-state index contributed by atoms with van der Waals surface area (Å²) >= 11 is 1.58. The van der Waals surface area contributed by atoms with E-state index in [0.29, 0.717) is 24.2 Å². The summed E-state index contributed by atoms with van der Waals surface area (Å²) in [7, 11) is 3.63. The number of hydrogen-bond donors (Lipinski definition) is 0. The van der Waals surface area contributed by atoms with Gasteiger partial charge in [-0.15, -0.1) is 10.2 Å². The highest BCUT2D eigenvalue weighted by Gasteiger charge is 2.26. The fourth-order valence-electron chi connectivity index (χ4n) is 2.28. The van der Waals surface area contributed by atoms with Gasteiger partial charge >= 0.3 is 0 Å². The molecule has 8 heteroatoms. The third-order valence-electron chi connectivity index (χ3n) is 3.73. The van der Waals surface area contributed by atoms with E-state index >= 15 is 0 Å². The zero-order valence-corrected chi connectivity index (χ0v) is 13.3. The first-order valence-electron chi connectivity index (χ1n) is 7.06. The second kappa shape index (κ2) is 6.15. The molecule has 7 nitrogen and oxygen atoms in total. The minimum Gasteiger partial charge on any atom is -0.377 e. The van der Waals surface area contributed by atoms with Crippen molar-refractivity contribution in [3.63, 3.8) is 0 Å². The molecular formula is C13H19N5O2S. The van der Waals surface area contributed by atoms with Crippen molar-refractivity contribution < 1.29 is 9.26 Å². The molecule has 0 aromatic carbocycles. The van der Waals surface area contributed by atoms with Crippen LogP contribution in [0.5, 0.6) is 0 Å². The van der Waals surface area contributed by atoms with Crippen LogP contribution in [-0.2, 0) is 18.4 Å². The summed E-state index contributed by atoms with van der Waals surface area (Å²) in [5.74, 6) is 2.80. The Morgan fingerprint density at radius 2 is 2.24 bits per heavy atom. The van der Waals surface area contributed by atoms with Gasteiger partial charge in [-0.1, -0.05) is 23.3 Å². The van der Waals surface area contributed by atoms with Crippen molar-refractivity contribution in [2.75, 3.05) is 7.11 Å². The van der Waals surface area contributed by atoms with Gasteiger partial charge in [-0.25, -0.2) is 0 Å². The van der Waals surface area contributed by atoms with Gasteiger partial charge in [-0.3, -0.25) is 0 Å². The SMILES string of the molecule is COCc1noc([C@H](C)Sc2nnc(C3CCC3)n2C)n1. The summed E-state index contributed by atoms with van der Waals surface area (Å²) in [4.78, 5) is 4.31. The van der Waals surface area contributed by atoms with Crippen LogP contribution in [-0.4, -0.2) is 32.0 Å². The molecule has 0 unspecified atom stereocenters. The predicted octanol–water partition coefficient (Wildman–Crippen LogP) is 2.47. The van der Waals surface area contributed by atoms with Crippen LogP contribution in [0.15, 0.2) is 9.68 Å². The molecule has 2 aromatic heterocycles. The van der Waals surface area contributed by atoms with Gasteiger partial charge in [0.25, 0.3) is 0 Å². The maximum atomic E-state index is 5.26. The molecule has 0 spiro atoms. The normalized spacial score (nSPS) is 16.9. The minimum atomic E-state index is 0.0280. The number of methoxy groups -OCH3 is 1. The Balaban J connectivity index is 1.68. The molecule has 1 aliphatic carbocycles. The molecule has 0 radical (unpaired) electrons. The molecule has 0 amide bonds. The summed E-state index contributed by atoms with van der Waals surface area (Å²) in [5.41, 5.74) is 0. The highest BCUT2D eigenvalue weighted by atomic mass is 32.2. The van der Waals surface area contributed by atoms with E-state index in [0.717, 1.165) is 11.0 Å². The maximum absolute atomic E-state index is 5.26. The first-order chi connectivity index (χ1) is 10.2. The van der Waals surface area contributed by atoms with Crippen LogP contribution < -0.4 is 0 Å². The van der Waals surface area contributed by atoms with E-state index in [2.05, 4.69) is 24.9 Å². The summed E-state index contributed by atoms with van der Waals surface area (Å²) in [5, 5.41) is 13.4. The fourth-order valence-corrected chi connectivity index (χ4v) is 3.13. The van der Waals surface area contributed by atoms with Gasteiger partial charge < -0.3 is 13.8 Å². The average molecular weight is 309 g/mol. The van der Waals surface area contributed by atoms with Crippen molar-refractivity contribution in [2.45, 2.75) is 49.1 Å². The summed E-state index contributed by atoms with van der Waals surface area (Å²) in [6.07, 6.45) is 3.73. The third-order valence-corrected chi connectivity index (χ3v) is 4.85. The van der Waals surface area contributed by atoms with Crippen LogP contribution >= 0.6 is 11.8 Å². The Morgan fingerprint density at radius 1 is 1.43 bits per heavy atom. The number of nitrogens with zero attached hydrogens (tertiary/aromatic N) is 5. The molecular weight excluding hydrogens is 290 g/mol. The molecule has 3 rings (SSSR count). The molecule has 1 aliphatic rings. The monoisotopic (exact) mass is 309 g/mol. The molecule has 0 N–H and O–H groups in total. The number of ether oxygens (including phenoxy) is 1. The van der Waals surface area contributed by atoms with Gasteiger partial charge in [0.05, 0.1) is 5.25 Å². The fraction of sp³-hybridized carbons (Fsp3) is 0.692. The summed E-state index contributed by atoms with van der Waals surface area (Å²) < 4.78 is 12.3. The van der Waals surface area contributed by atoms with Gasteiger partial charge in [0, 0.05) is 20.1 Å². The molecule has 21 heavy (non-hydrogen) atoms. The first-order valence-corrected chi connectivity index (χ1v) is 7.94. The Hall–Kier alpha value is -1.41.